The minimum Gasteiger partial charge on any atom is -0.343 e. The van der Waals surface area contributed by atoms with Gasteiger partial charge in [-0.3, -0.25) is 4.79 Å². The molecule has 4 aromatic rings. The largest absolute Gasteiger partial charge is 0.343 e. The fourth-order valence-electron chi connectivity index (χ4n) is 3.06. The molecule has 6 heteroatoms. The van der Waals surface area contributed by atoms with E-state index in [1.165, 1.54) is 0 Å². The first-order chi connectivity index (χ1) is 12.2. The summed E-state index contributed by atoms with van der Waals surface area (Å²) in [7, 11) is 0. The first-order valence-corrected chi connectivity index (χ1v) is 8.33. The quantitative estimate of drug-likeness (QED) is 0.624. The van der Waals surface area contributed by atoms with Gasteiger partial charge in [-0.05, 0) is 43.7 Å². The zero-order chi connectivity index (χ0) is 17.4. The molecule has 0 aliphatic rings. The summed E-state index contributed by atoms with van der Waals surface area (Å²) in [6, 6.07) is 11.9. The van der Waals surface area contributed by atoms with Gasteiger partial charge < -0.3 is 14.3 Å². The lowest BCUT2D eigenvalue weighted by Crippen LogP contribution is -2.25. The van der Waals surface area contributed by atoms with Crippen molar-refractivity contribution in [3.05, 3.63) is 65.9 Å². The second-order valence-corrected chi connectivity index (χ2v) is 6.04. The first-order valence-electron chi connectivity index (χ1n) is 8.33. The molecule has 0 unspecified atom stereocenters. The molecule has 126 valence electrons. The van der Waals surface area contributed by atoms with Crippen LogP contribution in [0, 0.1) is 6.92 Å². The van der Waals surface area contributed by atoms with Gasteiger partial charge in [0.05, 0.1) is 17.6 Å². The van der Waals surface area contributed by atoms with E-state index in [0.717, 1.165) is 34.6 Å². The number of rotatable bonds is 4. The van der Waals surface area contributed by atoms with Gasteiger partial charge in [-0.15, -0.1) is 0 Å². The Balaban J connectivity index is 1.57. The van der Waals surface area contributed by atoms with Crippen molar-refractivity contribution in [3.63, 3.8) is 0 Å². The van der Waals surface area contributed by atoms with Gasteiger partial charge in [0.25, 0.3) is 5.91 Å². The average molecular weight is 333 g/mol. The Morgan fingerprint density at radius 1 is 1.20 bits per heavy atom. The van der Waals surface area contributed by atoms with Crippen molar-refractivity contribution in [3.8, 4) is 0 Å². The molecule has 0 aliphatic carbocycles. The fraction of sp³-hybridized carbons (Fsp3) is 0.211. The lowest BCUT2D eigenvalue weighted by Gasteiger charge is -2.06. The third-order valence-electron chi connectivity index (χ3n) is 4.31. The smallest absolute Gasteiger partial charge is 0.271 e. The first kappa shape index (κ1) is 15.4. The molecule has 6 nitrogen and oxygen atoms in total. The highest BCUT2D eigenvalue weighted by molar-refractivity contribution is 5.92. The predicted molar refractivity (Wildman–Crippen MR) is 96.5 cm³/mol. The minimum atomic E-state index is -0.198. The molecule has 1 amide bonds. The Morgan fingerprint density at radius 2 is 2.04 bits per heavy atom. The molecule has 25 heavy (non-hydrogen) atoms. The lowest BCUT2D eigenvalue weighted by molar-refractivity contribution is 0.0945. The van der Waals surface area contributed by atoms with Crippen LogP contribution >= 0.6 is 0 Å². The Bertz CT molecular complexity index is 1080. The highest BCUT2D eigenvalue weighted by Crippen LogP contribution is 2.16. The maximum Gasteiger partial charge on any atom is 0.271 e. The zero-order valence-corrected chi connectivity index (χ0v) is 14.2. The van der Waals surface area contributed by atoms with Crippen LogP contribution in [-0.2, 0) is 13.1 Å². The van der Waals surface area contributed by atoms with E-state index in [1.54, 1.807) is 6.20 Å². The molecule has 0 fully saturated rings. The predicted octanol–water partition coefficient (Wildman–Crippen LogP) is 2.94. The van der Waals surface area contributed by atoms with Crippen molar-refractivity contribution in [1.82, 2.24) is 24.3 Å². The number of pyridine rings is 1. The third-order valence-corrected chi connectivity index (χ3v) is 4.31. The highest BCUT2D eigenvalue weighted by Gasteiger charge is 2.13. The van der Waals surface area contributed by atoms with Gasteiger partial charge in [0.15, 0.2) is 0 Å². The van der Waals surface area contributed by atoms with Crippen LogP contribution in [0.3, 0.4) is 0 Å². The number of carbonyl (C=O) groups excluding carboxylic acids is 1. The number of imidazole rings is 2. The summed E-state index contributed by atoms with van der Waals surface area (Å²) in [5, 5.41) is 2.93. The molecular weight excluding hydrogens is 314 g/mol. The highest BCUT2D eigenvalue weighted by atomic mass is 16.1. The number of hydrogen-bond donors (Lipinski definition) is 1. The van der Waals surface area contributed by atoms with E-state index in [0.29, 0.717) is 12.2 Å². The molecule has 0 bridgehead atoms. The molecule has 0 saturated heterocycles. The zero-order valence-electron chi connectivity index (χ0n) is 14.2. The maximum atomic E-state index is 12.5. The van der Waals surface area contributed by atoms with E-state index in [4.69, 9.17) is 0 Å². The van der Waals surface area contributed by atoms with E-state index in [2.05, 4.69) is 26.8 Å². The molecule has 0 radical (unpaired) electrons. The van der Waals surface area contributed by atoms with Gasteiger partial charge in [0.2, 0.25) is 0 Å². The molecule has 0 spiro atoms. The number of benzene rings is 1. The van der Waals surface area contributed by atoms with Crippen molar-refractivity contribution in [2.75, 3.05) is 0 Å². The summed E-state index contributed by atoms with van der Waals surface area (Å²) in [6.45, 7) is 5.25. The monoisotopic (exact) mass is 333 g/mol. The van der Waals surface area contributed by atoms with Gasteiger partial charge in [-0.25, -0.2) is 9.97 Å². The summed E-state index contributed by atoms with van der Waals surface area (Å²) in [5.41, 5.74) is 4.31. The maximum absolute atomic E-state index is 12.5. The van der Waals surface area contributed by atoms with E-state index < -0.39 is 0 Å². The third kappa shape index (κ3) is 2.76. The van der Waals surface area contributed by atoms with Gasteiger partial charge >= 0.3 is 0 Å². The number of nitrogens with one attached hydrogen (secondary N) is 1. The van der Waals surface area contributed by atoms with Crippen molar-refractivity contribution in [2.45, 2.75) is 26.9 Å². The van der Waals surface area contributed by atoms with Crippen LogP contribution in [0.25, 0.3) is 16.7 Å². The standard InChI is InChI=1S/C19H19N5O/c1-3-24-16-7-5-4-6-14(16)21-18(24)11-20-19(25)15-12-23-9-8-13(2)10-17(23)22-15/h4-10,12H,3,11H2,1-2H3,(H,20,25). The number of para-hydroxylation sites is 2. The molecule has 0 atom stereocenters. The summed E-state index contributed by atoms with van der Waals surface area (Å²) < 4.78 is 3.96. The minimum absolute atomic E-state index is 0.198. The van der Waals surface area contributed by atoms with Crippen LogP contribution in [-0.4, -0.2) is 24.8 Å². The van der Waals surface area contributed by atoms with Crippen LogP contribution in [0.2, 0.25) is 0 Å². The Kier molecular flexibility index (Phi) is 3.72. The molecule has 1 aromatic carbocycles. The van der Waals surface area contributed by atoms with Gasteiger partial charge in [0.1, 0.15) is 17.2 Å². The number of aromatic nitrogens is 4. The van der Waals surface area contributed by atoms with Crippen molar-refractivity contribution >= 4 is 22.6 Å². The Morgan fingerprint density at radius 3 is 2.88 bits per heavy atom. The summed E-state index contributed by atoms with van der Waals surface area (Å²) >= 11 is 0. The molecule has 1 N–H and O–H groups in total. The van der Waals surface area contributed by atoms with Crippen LogP contribution < -0.4 is 5.32 Å². The second kappa shape index (κ2) is 6.05. The molecular formula is C19H19N5O. The van der Waals surface area contributed by atoms with Crippen molar-refractivity contribution < 1.29 is 4.79 Å². The van der Waals surface area contributed by atoms with Gasteiger partial charge in [-0.2, -0.15) is 0 Å². The molecule has 0 saturated carbocycles. The number of amides is 1. The number of aryl methyl sites for hydroxylation is 2. The van der Waals surface area contributed by atoms with Crippen molar-refractivity contribution in [1.29, 1.82) is 0 Å². The number of nitrogens with zero attached hydrogens (tertiary/aromatic N) is 4. The molecule has 3 aromatic heterocycles. The molecule has 4 rings (SSSR count). The van der Waals surface area contributed by atoms with Crippen LogP contribution in [0.1, 0.15) is 28.8 Å². The van der Waals surface area contributed by atoms with E-state index >= 15 is 0 Å². The van der Waals surface area contributed by atoms with Gasteiger partial charge in [0, 0.05) is 18.9 Å². The van der Waals surface area contributed by atoms with E-state index in [1.807, 2.05) is 53.9 Å². The summed E-state index contributed by atoms with van der Waals surface area (Å²) in [6.07, 6.45) is 3.65. The summed E-state index contributed by atoms with van der Waals surface area (Å²) in [4.78, 5) is 21.5. The Labute approximate surface area is 145 Å². The van der Waals surface area contributed by atoms with E-state index in [-0.39, 0.29) is 5.91 Å². The molecule has 0 aliphatic heterocycles. The Hall–Kier alpha value is -3.15. The number of carbonyl (C=O) groups is 1. The van der Waals surface area contributed by atoms with Crippen molar-refractivity contribution in [2.24, 2.45) is 0 Å². The number of hydrogen-bond acceptors (Lipinski definition) is 3. The number of fused-ring (bicyclic) bond motifs is 2. The van der Waals surface area contributed by atoms with Crippen LogP contribution in [0.5, 0.6) is 0 Å². The lowest BCUT2D eigenvalue weighted by atomic mass is 10.3. The van der Waals surface area contributed by atoms with Crippen LogP contribution in [0.15, 0.2) is 48.8 Å². The topological polar surface area (TPSA) is 64.2 Å². The SMILES string of the molecule is CCn1c(CNC(=O)c2cn3ccc(C)cc3n2)nc2ccccc21. The van der Waals surface area contributed by atoms with Gasteiger partial charge in [-0.1, -0.05) is 12.1 Å². The van der Waals surface area contributed by atoms with E-state index in [9.17, 15) is 4.79 Å². The fourth-order valence-corrected chi connectivity index (χ4v) is 3.06. The molecule has 3 heterocycles. The summed E-state index contributed by atoms with van der Waals surface area (Å²) in [5.74, 6) is 0.646. The average Bonchev–Trinajstić information content (AvgIpc) is 3.19. The van der Waals surface area contributed by atoms with Crippen LogP contribution in [0.4, 0.5) is 0 Å². The normalized spacial score (nSPS) is 11.3. The second-order valence-electron chi connectivity index (χ2n) is 6.04.